The summed E-state index contributed by atoms with van der Waals surface area (Å²) in [5.74, 6) is -2.55. The zero-order chi connectivity index (χ0) is 13.8. The Labute approximate surface area is 106 Å². The van der Waals surface area contributed by atoms with Crippen LogP contribution in [0.3, 0.4) is 0 Å². The van der Waals surface area contributed by atoms with E-state index in [1.165, 1.54) is 6.92 Å². The predicted octanol–water partition coefficient (Wildman–Crippen LogP) is -0.871. The van der Waals surface area contributed by atoms with Gasteiger partial charge in [-0.15, -0.1) is 0 Å². The van der Waals surface area contributed by atoms with E-state index in [-0.39, 0.29) is 17.0 Å². The summed E-state index contributed by atoms with van der Waals surface area (Å²) in [6, 6.07) is 0. The van der Waals surface area contributed by atoms with E-state index < -0.39 is 24.3 Å². The number of hydrogen-bond donors (Lipinski definition) is 3. The van der Waals surface area contributed by atoms with Gasteiger partial charge in [-0.05, 0) is 6.92 Å². The summed E-state index contributed by atoms with van der Waals surface area (Å²) in [7, 11) is 0. The number of hydrogen-bond acceptors (Lipinski definition) is 7. The third-order valence-corrected chi connectivity index (χ3v) is 3.21. The number of nitrogen functional groups attached to an aromatic ring is 1. The van der Waals surface area contributed by atoms with Crippen LogP contribution in [0.1, 0.15) is 6.92 Å². The van der Waals surface area contributed by atoms with E-state index >= 15 is 0 Å². The van der Waals surface area contributed by atoms with E-state index in [1.54, 1.807) is 0 Å². The number of aliphatic hydroxyl groups excluding tert-OH is 2. The zero-order valence-electron chi connectivity index (χ0n) is 9.93. The van der Waals surface area contributed by atoms with Crippen molar-refractivity contribution in [2.75, 3.05) is 5.73 Å². The number of imidazole rings is 1. The number of ether oxygens (including phenoxy) is 1. The second-order valence-corrected chi connectivity index (χ2v) is 4.41. The molecule has 1 saturated heterocycles. The van der Waals surface area contributed by atoms with E-state index in [9.17, 15) is 14.6 Å². The van der Waals surface area contributed by atoms with Gasteiger partial charge >= 0.3 is 5.98 Å². The SMILES string of the molecule is C[C@H]1O[C@@](F)(n2cnc3c(N)ncnc32)[C@H](O)[C@@H]1O. The molecular formula is C10H12FN5O3. The third kappa shape index (κ3) is 1.52. The molecule has 3 rings (SSSR count). The Kier molecular flexibility index (Phi) is 2.46. The molecule has 0 radical (unpaired) electrons. The first-order valence-corrected chi connectivity index (χ1v) is 5.62. The van der Waals surface area contributed by atoms with E-state index in [1.807, 2.05) is 0 Å². The molecular weight excluding hydrogens is 257 g/mol. The van der Waals surface area contributed by atoms with Crippen molar-refractivity contribution in [2.24, 2.45) is 0 Å². The Morgan fingerprint density at radius 1 is 1.42 bits per heavy atom. The van der Waals surface area contributed by atoms with Crippen molar-refractivity contribution in [1.29, 1.82) is 0 Å². The molecule has 1 aliphatic rings. The van der Waals surface area contributed by atoms with Crippen molar-refractivity contribution in [3.63, 3.8) is 0 Å². The molecule has 0 aliphatic carbocycles. The van der Waals surface area contributed by atoms with Crippen molar-refractivity contribution in [3.8, 4) is 0 Å². The second kappa shape index (κ2) is 3.83. The summed E-state index contributed by atoms with van der Waals surface area (Å²) in [6.45, 7) is 1.46. The van der Waals surface area contributed by atoms with Gasteiger partial charge in [0.2, 0.25) is 0 Å². The number of aliphatic hydroxyl groups is 2. The van der Waals surface area contributed by atoms with Crippen LogP contribution < -0.4 is 5.73 Å². The van der Waals surface area contributed by atoms with Crippen LogP contribution in [0, 0.1) is 0 Å². The first-order valence-electron chi connectivity index (χ1n) is 5.62. The quantitative estimate of drug-likeness (QED) is 0.615. The molecule has 1 fully saturated rings. The van der Waals surface area contributed by atoms with Gasteiger partial charge in [0, 0.05) is 0 Å². The molecule has 19 heavy (non-hydrogen) atoms. The van der Waals surface area contributed by atoms with Crippen LogP contribution in [0.2, 0.25) is 0 Å². The van der Waals surface area contributed by atoms with Crippen molar-refractivity contribution < 1.29 is 19.3 Å². The number of fused-ring (bicyclic) bond motifs is 1. The summed E-state index contributed by atoms with van der Waals surface area (Å²) in [5, 5.41) is 19.4. The lowest BCUT2D eigenvalue weighted by atomic mass is 10.1. The van der Waals surface area contributed by atoms with Crippen LogP contribution in [0.25, 0.3) is 11.2 Å². The molecule has 0 unspecified atom stereocenters. The van der Waals surface area contributed by atoms with E-state index in [2.05, 4.69) is 15.0 Å². The Bertz CT molecular complexity index is 635. The minimum Gasteiger partial charge on any atom is -0.387 e. The fraction of sp³-hybridized carbons (Fsp3) is 0.500. The van der Waals surface area contributed by atoms with Gasteiger partial charge in [0.05, 0.1) is 6.10 Å². The maximum Gasteiger partial charge on any atom is 0.325 e. The lowest BCUT2D eigenvalue weighted by Gasteiger charge is -2.24. The van der Waals surface area contributed by atoms with Crippen molar-refractivity contribution >= 4 is 17.0 Å². The Morgan fingerprint density at radius 3 is 2.79 bits per heavy atom. The van der Waals surface area contributed by atoms with Gasteiger partial charge in [0.25, 0.3) is 0 Å². The topological polar surface area (TPSA) is 119 Å². The molecule has 8 nitrogen and oxygen atoms in total. The highest BCUT2D eigenvalue weighted by Gasteiger charge is 2.56. The lowest BCUT2D eigenvalue weighted by Crippen LogP contribution is -2.41. The number of nitrogens with zero attached hydrogens (tertiary/aromatic N) is 4. The van der Waals surface area contributed by atoms with Crippen LogP contribution in [0.4, 0.5) is 10.2 Å². The molecule has 0 bridgehead atoms. The molecule has 1 aliphatic heterocycles. The zero-order valence-corrected chi connectivity index (χ0v) is 9.93. The first-order chi connectivity index (χ1) is 8.95. The summed E-state index contributed by atoms with van der Waals surface area (Å²) in [4.78, 5) is 11.5. The lowest BCUT2D eigenvalue weighted by molar-refractivity contribution is -0.230. The molecule has 9 heteroatoms. The van der Waals surface area contributed by atoms with Crippen LogP contribution in [-0.4, -0.2) is 48.0 Å². The Hall–Kier alpha value is -1.84. The molecule has 4 atom stereocenters. The summed E-state index contributed by atoms with van der Waals surface area (Å²) in [5.41, 5.74) is 5.88. The number of rotatable bonds is 1. The minimum atomic E-state index is -2.64. The van der Waals surface area contributed by atoms with Crippen LogP contribution >= 0.6 is 0 Å². The molecule has 0 saturated carbocycles. The molecule has 4 N–H and O–H groups in total. The normalized spacial score (nSPS) is 35.1. The fourth-order valence-electron chi connectivity index (χ4n) is 2.14. The van der Waals surface area contributed by atoms with Gasteiger partial charge in [-0.25, -0.2) is 15.0 Å². The molecule has 0 aromatic carbocycles. The maximum atomic E-state index is 14.8. The van der Waals surface area contributed by atoms with Crippen LogP contribution in [0.15, 0.2) is 12.7 Å². The van der Waals surface area contributed by atoms with Gasteiger partial charge in [-0.1, -0.05) is 0 Å². The van der Waals surface area contributed by atoms with Crippen LogP contribution in [0.5, 0.6) is 0 Å². The highest BCUT2D eigenvalue weighted by molar-refractivity contribution is 5.81. The van der Waals surface area contributed by atoms with E-state index in [0.29, 0.717) is 0 Å². The minimum absolute atomic E-state index is 0.0790. The molecule has 102 valence electrons. The van der Waals surface area contributed by atoms with Gasteiger partial charge in [0.1, 0.15) is 24.3 Å². The summed E-state index contributed by atoms with van der Waals surface area (Å²) < 4.78 is 20.7. The number of aromatic nitrogens is 4. The summed E-state index contributed by atoms with van der Waals surface area (Å²) >= 11 is 0. The van der Waals surface area contributed by atoms with Crippen molar-refractivity contribution in [2.45, 2.75) is 31.2 Å². The number of halogens is 1. The van der Waals surface area contributed by atoms with E-state index in [4.69, 9.17) is 10.5 Å². The average Bonchev–Trinajstić information content (AvgIpc) is 2.89. The molecule has 3 heterocycles. The average molecular weight is 269 g/mol. The standard InChI is InChI=1S/C10H12FN5O3/c1-4-6(17)7(18)10(11,19-4)16-3-15-5-8(12)13-2-14-9(5)16/h2-4,6-7,17-18H,1H3,(H2,12,13,14)/t4-,6-,7-,10+/m1/s1. The molecule has 0 spiro atoms. The molecule has 2 aromatic heterocycles. The largest absolute Gasteiger partial charge is 0.387 e. The highest BCUT2D eigenvalue weighted by Crippen LogP contribution is 2.38. The van der Waals surface area contributed by atoms with Crippen molar-refractivity contribution in [3.05, 3.63) is 12.7 Å². The van der Waals surface area contributed by atoms with Gasteiger partial charge in [-0.2, -0.15) is 4.39 Å². The molecule has 0 amide bonds. The predicted molar refractivity (Wildman–Crippen MR) is 61.4 cm³/mol. The van der Waals surface area contributed by atoms with Gasteiger partial charge < -0.3 is 20.7 Å². The second-order valence-electron chi connectivity index (χ2n) is 4.41. The number of alkyl halides is 1. The van der Waals surface area contributed by atoms with E-state index in [0.717, 1.165) is 17.2 Å². The monoisotopic (exact) mass is 269 g/mol. The molecule has 2 aromatic rings. The van der Waals surface area contributed by atoms with Crippen LogP contribution in [-0.2, 0) is 10.7 Å². The Balaban J connectivity index is 2.17. The highest BCUT2D eigenvalue weighted by atomic mass is 19.2. The first kappa shape index (κ1) is 12.2. The Morgan fingerprint density at radius 2 is 2.16 bits per heavy atom. The number of nitrogens with two attached hydrogens (primary N) is 1. The fourth-order valence-corrected chi connectivity index (χ4v) is 2.14. The van der Waals surface area contributed by atoms with Crippen molar-refractivity contribution in [1.82, 2.24) is 19.5 Å². The number of anilines is 1. The smallest absolute Gasteiger partial charge is 0.325 e. The van der Waals surface area contributed by atoms with Gasteiger partial charge in [-0.3, -0.25) is 4.57 Å². The maximum absolute atomic E-state index is 14.8. The van der Waals surface area contributed by atoms with Gasteiger partial charge in [0.15, 0.2) is 17.6 Å². The summed E-state index contributed by atoms with van der Waals surface area (Å²) in [6.07, 6.45) is -1.71. The third-order valence-electron chi connectivity index (χ3n) is 3.21.